The molecular weight excluding hydrogens is 198 g/mol. The maximum absolute atomic E-state index is 11.4. The van der Waals surface area contributed by atoms with E-state index in [-0.39, 0.29) is 11.3 Å². The molecule has 0 atom stereocenters. The molecule has 0 unspecified atom stereocenters. The maximum atomic E-state index is 11.4. The molecule has 0 saturated heterocycles. The van der Waals surface area contributed by atoms with Gasteiger partial charge in [-0.15, -0.1) is 0 Å². The predicted molar refractivity (Wildman–Crippen MR) is 69.9 cm³/mol. The van der Waals surface area contributed by atoms with Gasteiger partial charge in [0.1, 0.15) is 0 Å². The Kier molecular flexibility index (Phi) is 5.49. The summed E-state index contributed by atoms with van der Waals surface area (Å²) in [5.74, 6) is -0.223. The molecule has 0 spiro atoms. The first-order chi connectivity index (χ1) is 7.25. The molecule has 0 saturated carbocycles. The maximum Gasteiger partial charge on any atom is 0.223 e. The normalized spacial score (nSPS) is 13.0. The molecule has 0 bridgehead atoms. The minimum atomic E-state index is -0.463. The van der Waals surface area contributed by atoms with Crippen LogP contribution in [0.3, 0.4) is 0 Å². The Balaban J connectivity index is 4.29. The van der Waals surface area contributed by atoms with Gasteiger partial charge in [0.25, 0.3) is 0 Å². The van der Waals surface area contributed by atoms with Gasteiger partial charge in [0.05, 0.1) is 0 Å². The smallest absolute Gasteiger partial charge is 0.223 e. The highest BCUT2D eigenvalue weighted by Crippen LogP contribution is 2.42. The number of allylic oxidation sites excluding steroid dienone is 3. The molecule has 0 aromatic carbocycles. The van der Waals surface area contributed by atoms with Crippen molar-refractivity contribution in [2.24, 2.45) is 16.6 Å². The van der Waals surface area contributed by atoms with Gasteiger partial charge in [-0.25, -0.2) is 0 Å². The van der Waals surface area contributed by atoms with Crippen molar-refractivity contribution in [2.75, 3.05) is 0 Å². The van der Waals surface area contributed by atoms with Crippen LogP contribution in [0.1, 0.15) is 47.0 Å². The van der Waals surface area contributed by atoms with Crippen molar-refractivity contribution in [3.8, 4) is 0 Å². The molecule has 16 heavy (non-hydrogen) atoms. The summed E-state index contributed by atoms with van der Waals surface area (Å²) in [6.07, 6.45) is 8.90. The van der Waals surface area contributed by atoms with Crippen LogP contribution in [0.5, 0.6) is 0 Å². The Morgan fingerprint density at radius 2 is 1.88 bits per heavy atom. The number of hydrogen-bond donors (Lipinski definition) is 1. The largest absolute Gasteiger partial charge is 0.369 e. The van der Waals surface area contributed by atoms with Crippen molar-refractivity contribution < 1.29 is 4.79 Å². The van der Waals surface area contributed by atoms with E-state index < -0.39 is 5.41 Å². The molecule has 0 aliphatic heterocycles. The summed E-state index contributed by atoms with van der Waals surface area (Å²) >= 11 is 0. The van der Waals surface area contributed by atoms with Crippen molar-refractivity contribution >= 4 is 5.91 Å². The fraction of sp³-hybridized carbons (Fsp3) is 0.643. The van der Waals surface area contributed by atoms with Crippen LogP contribution in [0.4, 0.5) is 0 Å². The van der Waals surface area contributed by atoms with Crippen molar-refractivity contribution in [3.05, 3.63) is 24.8 Å². The zero-order chi connectivity index (χ0) is 12.8. The monoisotopic (exact) mass is 223 g/mol. The standard InChI is InChI=1S/C14H25NO/c1-6-7-8-9-10-11-13(2,3)14(4,5)12(15)16/h6-8H,1,9-11H2,2-5H3,(H2,15,16). The van der Waals surface area contributed by atoms with Crippen molar-refractivity contribution in [3.63, 3.8) is 0 Å². The quantitative estimate of drug-likeness (QED) is 0.521. The summed E-state index contributed by atoms with van der Waals surface area (Å²) in [6, 6.07) is 0. The first-order valence-electron chi connectivity index (χ1n) is 5.83. The third-order valence-corrected chi connectivity index (χ3v) is 3.75. The number of rotatable bonds is 7. The zero-order valence-electron chi connectivity index (χ0n) is 11.0. The number of nitrogens with two attached hydrogens (primary N) is 1. The third-order valence-electron chi connectivity index (χ3n) is 3.75. The lowest BCUT2D eigenvalue weighted by atomic mass is 9.65. The van der Waals surface area contributed by atoms with E-state index in [4.69, 9.17) is 5.73 Å². The van der Waals surface area contributed by atoms with E-state index in [0.29, 0.717) is 0 Å². The van der Waals surface area contributed by atoms with Gasteiger partial charge in [0.2, 0.25) is 5.91 Å². The molecule has 0 aromatic heterocycles. The Morgan fingerprint density at radius 1 is 1.31 bits per heavy atom. The molecule has 0 aliphatic carbocycles. The zero-order valence-corrected chi connectivity index (χ0v) is 11.0. The van der Waals surface area contributed by atoms with E-state index in [9.17, 15) is 4.79 Å². The molecule has 0 heterocycles. The summed E-state index contributed by atoms with van der Waals surface area (Å²) in [4.78, 5) is 11.4. The van der Waals surface area contributed by atoms with Gasteiger partial charge in [-0.3, -0.25) is 4.79 Å². The molecule has 0 radical (unpaired) electrons. The van der Waals surface area contributed by atoms with E-state index in [1.807, 2.05) is 19.9 Å². The molecular formula is C14H25NO. The minimum Gasteiger partial charge on any atom is -0.369 e. The van der Waals surface area contributed by atoms with Crippen LogP contribution < -0.4 is 5.73 Å². The van der Waals surface area contributed by atoms with Gasteiger partial charge in [0.15, 0.2) is 0 Å². The molecule has 0 aromatic rings. The van der Waals surface area contributed by atoms with Gasteiger partial charge in [0, 0.05) is 5.41 Å². The van der Waals surface area contributed by atoms with Crippen LogP contribution in [0.25, 0.3) is 0 Å². The average Bonchev–Trinajstić information content (AvgIpc) is 2.16. The topological polar surface area (TPSA) is 43.1 Å². The van der Waals surface area contributed by atoms with Crippen LogP contribution >= 0.6 is 0 Å². The highest BCUT2D eigenvalue weighted by Gasteiger charge is 2.40. The Hall–Kier alpha value is -1.05. The van der Waals surface area contributed by atoms with Crippen LogP contribution in [0.15, 0.2) is 24.8 Å². The highest BCUT2D eigenvalue weighted by molar-refractivity contribution is 5.80. The summed E-state index contributed by atoms with van der Waals surface area (Å²) in [5, 5.41) is 0. The predicted octanol–water partition coefficient (Wildman–Crippen LogP) is 3.44. The minimum absolute atomic E-state index is 0.0686. The van der Waals surface area contributed by atoms with Gasteiger partial charge in [-0.05, 0) is 24.7 Å². The number of unbranched alkanes of at least 4 members (excludes halogenated alkanes) is 1. The lowest BCUT2D eigenvalue weighted by Crippen LogP contribution is -2.43. The summed E-state index contributed by atoms with van der Waals surface area (Å²) in [6.45, 7) is 11.7. The van der Waals surface area contributed by atoms with Crippen LogP contribution in [-0.4, -0.2) is 5.91 Å². The molecule has 92 valence electrons. The van der Waals surface area contributed by atoms with Crippen LogP contribution in [-0.2, 0) is 4.79 Å². The number of hydrogen-bond acceptors (Lipinski definition) is 1. The fourth-order valence-corrected chi connectivity index (χ4v) is 1.50. The van der Waals surface area contributed by atoms with E-state index in [1.54, 1.807) is 6.08 Å². The second-order valence-corrected chi connectivity index (χ2v) is 5.43. The summed E-state index contributed by atoms with van der Waals surface area (Å²) < 4.78 is 0. The lowest BCUT2D eigenvalue weighted by molar-refractivity contribution is -0.132. The highest BCUT2D eigenvalue weighted by atomic mass is 16.1. The van der Waals surface area contributed by atoms with E-state index in [1.165, 1.54) is 0 Å². The molecule has 0 fully saturated rings. The average molecular weight is 223 g/mol. The Morgan fingerprint density at radius 3 is 2.31 bits per heavy atom. The van der Waals surface area contributed by atoms with Gasteiger partial charge >= 0.3 is 0 Å². The molecule has 0 aliphatic rings. The van der Waals surface area contributed by atoms with Crippen molar-refractivity contribution in [1.82, 2.24) is 0 Å². The van der Waals surface area contributed by atoms with Crippen molar-refractivity contribution in [2.45, 2.75) is 47.0 Å². The van der Waals surface area contributed by atoms with E-state index in [2.05, 4.69) is 26.5 Å². The number of amides is 1. The van der Waals surface area contributed by atoms with Gasteiger partial charge in [-0.2, -0.15) is 0 Å². The number of carbonyl (C=O) groups is 1. The second kappa shape index (κ2) is 5.88. The van der Waals surface area contributed by atoms with Crippen molar-refractivity contribution in [1.29, 1.82) is 0 Å². The first-order valence-corrected chi connectivity index (χ1v) is 5.83. The van der Waals surface area contributed by atoms with Gasteiger partial charge in [-0.1, -0.05) is 52.5 Å². The summed E-state index contributed by atoms with van der Waals surface area (Å²) in [5.41, 5.74) is 4.91. The third kappa shape index (κ3) is 3.84. The first kappa shape index (κ1) is 14.9. The molecule has 1 amide bonds. The van der Waals surface area contributed by atoms with Crippen LogP contribution in [0, 0.1) is 10.8 Å². The van der Waals surface area contributed by atoms with Crippen LogP contribution in [0.2, 0.25) is 0 Å². The Bertz CT molecular complexity index is 274. The molecule has 2 heteroatoms. The SMILES string of the molecule is C=CC=CCCCC(C)(C)C(C)(C)C(N)=O. The van der Waals surface area contributed by atoms with Gasteiger partial charge < -0.3 is 5.73 Å². The summed E-state index contributed by atoms with van der Waals surface area (Å²) in [7, 11) is 0. The second-order valence-electron chi connectivity index (χ2n) is 5.43. The Labute approximate surface area is 99.6 Å². The number of carbonyl (C=O) groups excluding carboxylic acids is 1. The fourth-order valence-electron chi connectivity index (χ4n) is 1.50. The molecule has 2 N–H and O–H groups in total. The van der Waals surface area contributed by atoms with E-state index in [0.717, 1.165) is 19.3 Å². The number of primary amides is 1. The molecule has 2 nitrogen and oxygen atoms in total. The lowest BCUT2D eigenvalue weighted by Gasteiger charge is -2.39. The van der Waals surface area contributed by atoms with E-state index >= 15 is 0 Å². The molecule has 0 rings (SSSR count).